The molecule has 11 heteroatoms. The summed E-state index contributed by atoms with van der Waals surface area (Å²) in [5.41, 5.74) is 0.694. The molecule has 1 N–H and O–H groups in total. The summed E-state index contributed by atoms with van der Waals surface area (Å²) in [7, 11) is 1.41. The van der Waals surface area contributed by atoms with Gasteiger partial charge in [0.05, 0.1) is 12.2 Å². The van der Waals surface area contributed by atoms with Crippen LogP contribution in [0.15, 0.2) is 48.5 Å². The molecule has 0 aliphatic carbocycles. The standard InChI is InChI=1S/C21H20F3N3O5/c1-13-20(30)27(16-5-3-4-6-17(16)31-13)12-19(29)26(2)11-18(28)25-14-7-9-15(10-8-14)32-21(22,23)24/h3-10,13H,11-12H2,1-2H3,(H,25,28). The normalized spacial score (nSPS) is 15.5. The SMILES string of the molecule is CC1Oc2ccccc2N(CC(=O)N(C)CC(=O)Nc2ccc(OC(F)(F)F)cc2)C1=O. The number of benzene rings is 2. The summed E-state index contributed by atoms with van der Waals surface area (Å²) in [5.74, 6) is -1.37. The van der Waals surface area contributed by atoms with Gasteiger partial charge in [0.15, 0.2) is 6.10 Å². The van der Waals surface area contributed by atoms with Gasteiger partial charge in [0, 0.05) is 12.7 Å². The highest BCUT2D eigenvalue weighted by Gasteiger charge is 2.33. The zero-order valence-electron chi connectivity index (χ0n) is 17.2. The van der Waals surface area contributed by atoms with Crippen molar-refractivity contribution in [3.8, 4) is 11.5 Å². The molecule has 1 unspecified atom stereocenters. The van der Waals surface area contributed by atoms with Gasteiger partial charge in [0.1, 0.15) is 18.0 Å². The van der Waals surface area contributed by atoms with Crippen LogP contribution in [0.25, 0.3) is 0 Å². The molecule has 8 nitrogen and oxygen atoms in total. The maximum Gasteiger partial charge on any atom is 0.573 e. The third-order valence-corrected chi connectivity index (χ3v) is 4.55. The lowest BCUT2D eigenvalue weighted by Crippen LogP contribution is -2.49. The highest BCUT2D eigenvalue weighted by atomic mass is 19.4. The Morgan fingerprint density at radius 1 is 1.16 bits per heavy atom. The van der Waals surface area contributed by atoms with Gasteiger partial charge in [-0.25, -0.2) is 0 Å². The van der Waals surface area contributed by atoms with Gasteiger partial charge in [-0.3, -0.25) is 19.3 Å². The lowest BCUT2D eigenvalue weighted by molar-refractivity contribution is -0.274. The van der Waals surface area contributed by atoms with Crippen LogP contribution in [0.5, 0.6) is 11.5 Å². The van der Waals surface area contributed by atoms with E-state index in [0.717, 1.165) is 17.0 Å². The Bertz CT molecular complexity index is 1010. The molecule has 3 rings (SSSR count). The minimum absolute atomic E-state index is 0.233. The van der Waals surface area contributed by atoms with E-state index in [1.54, 1.807) is 31.2 Å². The summed E-state index contributed by atoms with van der Waals surface area (Å²) in [6.45, 7) is 0.976. The zero-order valence-corrected chi connectivity index (χ0v) is 17.2. The Hall–Kier alpha value is -3.76. The van der Waals surface area contributed by atoms with Gasteiger partial charge < -0.3 is 19.7 Å². The van der Waals surface area contributed by atoms with Crippen molar-refractivity contribution in [1.29, 1.82) is 0 Å². The summed E-state index contributed by atoms with van der Waals surface area (Å²) < 4.78 is 45.9. The lowest BCUT2D eigenvalue weighted by Gasteiger charge is -2.33. The van der Waals surface area contributed by atoms with E-state index in [-0.39, 0.29) is 24.7 Å². The zero-order chi connectivity index (χ0) is 23.5. The molecular formula is C21H20F3N3O5. The van der Waals surface area contributed by atoms with Gasteiger partial charge in [-0.1, -0.05) is 12.1 Å². The molecule has 32 heavy (non-hydrogen) atoms. The van der Waals surface area contributed by atoms with Crippen LogP contribution < -0.4 is 19.7 Å². The van der Waals surface area contributed by atoms with Crippen LogP contribution in [0.3, 0.4) is 0 Å². The third kappa shape index (κ3) is 5.68. The molecule has 170 valence electrons. The van der Waals surface area contributed by atoms with E-state index < -0.39 is 30.0 Å². The lowest BCUT2D eigenvalue weighted by atomic mass is 10.2. The molecule has 1 atom stereocenters. The smallest absolute Gasteiger partial charge is 0.479 e. The number of fused-ring (bicyclic) bond motifs is 1. The minimum Gasteiger partial charge on any atom is -0.479 e. The van der Waals surface area contributed by atoms with Gasteiger partial charge >= 0.3 is 6.36 Å². The molecule has 0 radical (unpaired) electrons. The molecule has 1 aliphatic heterocycles. The van der Waals surface area contributed by atoms with Gasteiger partial charge in [-0.2, -0.15) is 0 Å². The summed E-state index contributed by atoms with van der Waals surface area (Å²) in [6, 6.07) is 11.4. The van der Waals surface area contributed by atoms with E-state index in [1.165, 1.54) is 24.1 Å². The van der Waals surface area contributed by atoms with Crippen LogP contribution in [-0.4, -0.2) is 55.2 Å². The molecule has 0 saturated heterocycles. The molecule has 1 aliphatic rings. The van der Waals surface area contributed by atoms with Crippen molar-refractivity contribution in [3.05, 3.63) is 48.5 Å². The number of nitrogens with one attached hydrogen (secondary N) is 1. The number of ether oxygens (including phenoxy) is 2. The first-order valence-electron chi connectivity index (χ1n) is 9.50. The number of nitrogens with zero attached hydrogens (tertiary/aromatic N) is 2. The van der Waals surface area contributed by atoms with Gasteiger partial charge in [-0.05, 0) is 43.3 Å². The number of anilines is 2. The molecule has 0 fully saturated rings. The molecule has 3 amide bonds. The minimum atomic E-state index is -4.81. The van der Waals surface area contributed by atoms with Crippen molar-refractivity contribution in [1.82, 2.24) is 4.90 Å². The monoisotopic (exact) mass is 451 g/mol. The summed E-state index contributed by atoms with van der Waals surface area (Å²) in [6.07, 6.45) is -5.57. The van der Waals surface area contributed by atoms with Gasteiger partial charge in [0.25, 0.3) is 5.91 Å². The third-order valence-electron chi connectivity index (χ3n) is 4.55. The number of amides is 3. The second-order valence-corrected chi connectivity index (χ2v) is 7.02. The second kappa shape index (κ2) is 9.16. The fourth-order valence-electron chi connectivity index (χ4n) is 3.02. The van der Waals surface area contributed by atoms with Crippen LogP contribution in [0.4, 0.5) is 24.5 Å². The van der Waals surface area contributed by atoms with Crippen molar-refractivity contribution in [3.63, 3.8) is 0 Å². The summed E-state index contributed by atoms with van der Waals surface area (Å²) in [5, 5.41) is 2.48. The van der Waals surface area contributed by atoms with Crippen LogP contribution >= 0.6 is 0 Å². The fraction of sp³-hybridized carbons (Fsp3) is 0.286. The molecular weight excluding hydrogens is 431 g/mol. The highest BCUT2D eigenvalue weighted by molar-refractivity contribution is 6.04. The van der Waals surface area contributed by atoms with E-state index in [2.05, 4.69) is 10.1 Å². The van der Waals surface area contributed by atoms with Crippen molar-refractivity contribution >= 4 is 29.1 Å². The topological polar surface area (TPSA) is 88.2 Å². The van der Waals surface area contributed by atoms with Crippen LogP contribution in [0.2, 0.25) is 0 Å². The molecule has 2 aromatic carbocycles. The number of carbonyl (C=O) groups excluding carboxylic acids is 3. The average molecular weight is 451 g/mol. The van der Waals surface area contributed by atoms with E-state index in [9.17, 15) is 27.6 Å². The maximum absolute atomic E-state index is 12.6. The Balaban J connectivity index is 1.57. The van der Waals surface area contributed by atoms with E-state index in [0.29, 0.717) is 11.4 Å². The first-order valence-corrected chi connectivity index (χ1v) is 9.50. The quantitative estimate of drug-likeness (QED) is 0.730. The van der Waals surface area contributed by atoms with Crippen molar-refractivity contribution in [2.24, 2.45) is 0 Å². The predicted octanol–water partition coefficient (Wildman–Crippen LogP) is 2.80. The first kappa shape index (κ1) is 22.9. The maximum atomic E-state index is 12.6. The molecule has 0 spiro atoms. The number of likely N-dealkylation sites (N-methyl/N-ethyl adjacent to an activating group) is 1. The van der Waals surface area contributed by atoms with E-state index >= 15 is 0 Å². The molecule has 1 heterocycles. The first-order chi connectivity index (χ1) is 15.0. The number of halogens is 3. The number of hydrogen-bond donors (Lipinski definition) is 1. The van der Waals surface area contributed by atoms with Crippen molar-refractivity contribution < 1.29 is 37.0 Å². The van der Waals surface area contributed by atoms with Crippen molar-refractivity contribution in [2.75, 3.05) is 30.4 Å². The number of para-hydroxylation sites is 2. The largest absolute Gasteiger partial charge is 0.573 e. The number of rotatable bonds is 6. The number of hydrogen-bond acceptors (Lipinski definition) is 5. The molecule has 0 saturated carbocycles. The van der Waals surface area contributed by atoms with Gasteiger partial charge in [0.2, 0.25) is 11.8 Å². The predicted molar refractivity (Wildman–Crippen MR) is 108 cm³/mol. The summed E-state index contributed by atoms with van der Waals surface area (Å²) in [4.78, 5) is 39.8. The molecule has 0 aromatic heterocycles. The highest BCUT2D eigenvalue weighted by Crippen LogP contribution is 2.33. The average Bonchev–Trinajstić information content (AvgIpc) is 2.71. The molecule has 2 aromatic rings. The van der Waals surface area contributed by atoms with Gasteiger partial charge in [-0.15, -0.1) is 13.2 Å². The molecule has 0 bridgehead atoms. The van der Waals surface area contributed by atoms with E-state index in [1.807, 2.05) is 0 Å². The Morgan fingerprint density at radius 3 is 2.47 bits per heavy atom. The van der Waals surface area contributed by atoms with Crippen molar-refractivity contribution in [2.45, 2.75) is 19.4 Å². The van der Waals surface area contributed by atoms with E-state index in [4.69, 9.17) is 4.74 Å². The van der Waals surface area contributed by atoms with Crippen LogP contribution in [0.1, 0.15) is 6.92 Å². The second-order valence-electron chi connectivity index (χ2n) is 7.02. The number of alkyl halides is 3. The Labute approximate surface area is 181 Å². The Morgan fingerprint density at radius 2 is 1.81 bits per heavy atom. The summed E-state index contributed by atoms with van der Waals surface area (Å²) >= 11 is 0. The van der Waals surface area contributed by atoms with Crippen LogP contribution in [0, 0.1) is 0 Å². The van der Waals surface area contributed by atoms with Crippen LogP contribution in [-0.2, 0) is 14.4 Å². The fourth-order valence-corrected chi connectivity index (χ4v) is 3.02. The Kier molecular flexibility index (Phi) is 6.56. The number of carbonyl (C=O) groups is 3.